The van der Waals surface area contributed by atoms with Gasteiger partial charge in [-0.05, 0) is 19.1 Å². The summed E-state index contributed by atoms with van der Waals surface area (Å²) in [5.41, 5.74) is 1.29. The van der Waals surface area contributed by atoms with Crippen molar-refractivity contribution in [2.24, 2.45) is 0 Å². The fourth-order valence-corrected chi connectivity index (χ4v) is 1.74. The summed E-state index contributed by atoms with van der Waals surface area (Å²) in [6, 6.07) is 3.38. The first-order valence-electron chi connectivity index (χ1n) is 5.88. The Morgan fingerprint density at radius 1 is 1.05 bits per heavy atom. The average molecular weight is 266 g/mol. The van der Waals surface area contributed by atoms with Gasteiger partial charge in [0.2, 0.25) is 0 Å². The van der Waals surface area contributed by atoms with Gasteiger partial charge in [0.25, 0.3) is 0 Å². The lowest BCUT2D eigenvalue weighted by molar-refractivity contribution is -0.140. The number of benzene rings is 1. The van der Waals surface area contributed by atoms with Crippen LogP contribution in [0.15, 0.2) is 12.1 Å². The molecule has 1 aromatic carbocycles. The van der Waals surface area contributed by atoms with Crippen LogP contribution in [0.2, 0.25) is 0 Å². The van der Waals surface area contributed by atoms with Crippen molar-refractivity contribution in [2.75, 3.05) is 20.8 Å². The third-order valence-electron chi connectivity index (χ3n) is 2.66. The molecule has 0 saturated carbocycles. The number of rotatable bonds is 6. The van der Waals surface area contributed by atoms with E-state index in [9.17, 15) is 9.59 Å². The van der Waals surface area contributed by atoms with Gasteiger partial charge in [-0.25, -0.2) is 0 Å². The quantitative estimate of drug-likeness (QED) is 0.582. The summed E-state index contributed by atoms with van der Waals surface area (Å²) < 4.78 is 15.3. The molecule has 0 amide bonds. The number of hydrogen-bond donors (Lipinski definition) is 0. The first kappa shape index (κ1) is 15.0. The fraction of sp³-hybridized carbons (Fsp3) is 0.429. The number of esters is 1. The summed E-state index contributed by atoms with van der Waals surface area (Å²) in [5.74, 6) is 0.650. The second-order valence-corrected chi connectivity index (χ2v) is 4.01. The van der Waals surface area contributed by atoms with Crippen molar-refractivity contribution in [1.29, 1.82) is 0 Å². The second kappa shape index (κ2) is 6.78. The Morgan fingerprint density at radius 3 is 2.16 bits per heavy atom. The SMILES string of the molecule is COc1cc(C(C)=O)c(OC)cc1CCOC(C)=O. The molecule has 5 nitrogen and oxygen atoms in total. The lowest BCUT2D eigenvalue weighted by atomic mass is 10.0. The third-order valence-corrected chi connectivity index (χ3v) is 2.66. The minimum atomic E-state index is -0.328. The predicted octanol–water partition coefficient (Wildman–Crippen LogP) is 2.01. The number of Topliss-reactive ketones (excluding diaryl/α,β-unsaturated/α-hetero) is 1. The van der Waals surface area contributed by atoms with Gasteiger partial charge in [-0.15, -0.1) is 0 Å². The maximum atomic E-state index is 11.5. The molecule has 0 fully saturated rings. The van der Waals surface area contributed by atoms with E-state index < -0.39 is 0 Å². The largest absolute Gasteiger partial charge is 0.496 e. The second-order valence-electron chi connectivity index (χ2n) is 4.01. The van der Waals surface area contributed by atoms with Crippen molar-refractivity contribution < 1.29 is 23.8 Å². The molecule has 0 unspecified atom stereocenters. The lowest BCUT2D eigenvalue weighted by Gasteiger charge is -2.13. The molecule has 1 rings (SSSR count). The van der Waals surface area contributed by atoms with Crippen molar-refractivity contribution in [2.45, 2.75) is 20.3 Å². The van der Waals surface area contributed by atoms with E-state index in [2.05, 4.69) is 0 Å². The van der Waals surface area contributed by atoms with E-state index in [1.807, 2.05) is 0 Å². The molecule has 0 N–H and O–H groups in total. The molecule has 0 atom stereocenters. The van der Waals surface area contributed by atoms with Crippen molar-refractivity contribution in [1.82, 2.24) is 0 Å². The molecule has 0 aromatic heterocycles. The van der Waals surface area contributed by atoms with Gasteiger partial charge in [-0.2, -0.15) is 0 Å². The highest BCUT2D eigenvalue weighted by atomic mass is 16.5. The number of hydrogen-bond acceptors (Lipinski definition) is 5. The topological polar surface area (TPSA) is 61.8 Å². The van der Waals surface area contributed by atoms with Crippen LogP contribution in [0.3, 0.4) is 0 Å². The summed E-state index contributed by atoms with van der Waals surface area (Å²) >= 11 is 0. The average Bonchev–Trinajstić information content (AvgIpc) is 2.37. The molecule has 0 bridgehead atoms. The van der Waals surface area contributed by atoms with E-state index >= 15 is 0 Å². The van der Waals surface area contributed by atoms with Crippen LogP contribution in [-0.2, 0) is 16.0 Å². The fourth-order valence-electron chi connectivity index (χ4n) is 1.74. The van der Waals surface area contributed by atoms with Crippen LogP contribution in [0.1, 0.15) is 29.8 Å². The number of carbonyl (C=O) groups excluding carboxylic acids is 2. The highest BCUT2D eigenvalue weighted by Crippen LogP contribution is 2.29. The molecule has 0 saturated heterocycles. The lowest BCUT2D eigenvalue weighted by Crippen LogP contribution is -2.06. The molecule has 104 valence electrons. The van der Waals surface area contributed by atoms with Gasteiger partial charge in [-0.1, -0.05) is 0 Å². The zero-order valence-electron chi connectivity index (χ0n) is 11.6. The van der Waals surface area contributed by atoms with E-state index in [1.165, 1.54) is 28.1 Å². The van der Waals surface area contributed by atoms with E-state index in [0.717, 1.165) is 5.56 Å². The van der Waals surface area contributed by atoms with Gasteiger partial charge < -0.3 is 14.2 Å². The molecule has 0 aliphatic heterocycles. The van der Waals surface area contributed by atoms with E-state index in [4.69, 9.17) is 14.2 Å². The van der Waals surface area contributed by atoms with Crippen molar-refractivity contribution in [3.8, 4) is 11.5 Å². The molecule has 0 aliphatic carbocycles. The Hall–Kier alpha value is -2.04. The molecule has 19 heavy (non-hydrogen) atoms. The predicted molar refractivity (Wildman–Crippen MR) is 69.9 cm³/mol. The van der Waals surface area contributed by atoms with Gasteiger partial charge in [0.1, 0.15) is 11.5 Å². The molecule has 0 spiro atoms. The van der Waals surface area contributed by atoms with Crippen LogP contribution in [0, 0.1) is 0 Å². The van der Waals surface area contributed by atoms with Crippen molar-refractivity contribution >= 4 is 11.8 Å². The molecule has 0 radical (unpaired) electrons. The van der Waals surface area contributed by atoms with Crippen LogP contribution in [0.25, 0.3) is 0 Å². The molecule has 5 heteroatoms. The summed E-state index contributed by atoms with van der Waals surface area (Å²) in [5, 5.41) is 0. The van der Waals surface area contributed by atoms with Crippen molar-refractivity contribution in [3.63, 3.8) is 0 Å². The zero-order valence-corrected chi connectivity index (χ0v) is 11.6. The standard InChI is InChI=1S/C14H18O5/c1-9(15)12-8-13(17-3)11(7-14(12)18-4)5-6-19-10(2)16/h7-8H,5-6H2,1-4H3. The van der Waals surface area contributed by atoms with E-state index in [1.54, 1.807) is 12.1 Å². The highest BCUT2D eigenvalue weighted by molar-refractivity contribution is 5.97. The maximum Gasteiger partial charge on any atom is 0.302 e. The summed E-state index contributed by atoms with van der Waals surface area (Å²) in [6.45, 7) is 3.08. The summed E-state index contributed by atoms with van der Waals surface area (Å²) in [4.78, 5) is 22.2. The van der Waals surface area contributed by atoms with Crippen LogP contribution >= 0.6 is 0 Å². The summed E-state index contributed by atoms with van der Waals surface area (Å²) in [7, 11) is 3.03. The van der Waals surface area contributed by atoms with Crippen LogP contribution in [0.5, 0.6) is 11.5 Å². The van der Waals surface area contributed by atoms with Gasteiger partial charge in [-0.3, -0.25) is 9.59 Å². The smallest absolute Gasteiger partial charge is 0.302 e. The Bertz CT molecular complexity index is 479. The molecular formula is C14H18O5. The number of ketones is 1. The molecule has 0 heterocycles. The Labute approximate surface area is 112 Å². The number of carbonyl (C=O) groups is 2. The van der Waals surface area contributed by atoms with Crippen LogP contribution in [-0.4, -0.2) is 32.6 Å². The monoisotopic (exact) mass is 266 g/mol. The Morgan fingerprint density at radius 2 is 1.68 bits per heavy atom. The minimum absolute atomic E-state index is 0.0957. The van der Waals surface area contributed by atoms with Crippen LogP contribution < -0.4 is 9.47 Å². The van der Waals surface area contributed by atoms with E-state index in [0.29, 0.717) is 23.5 Å². The molecule has 0 aliphatic rings. The van der Waals surface area contributed by atoms with Crippen LogP contribution in [0.4, 0.5) is 0 Å². The van der Waals surface area contributed by atoms with Gasteiger partial charge in [0, 0.05) is 18.9 Å². The third kappa shape index (κ3) is 3.98. The Kier molecular flexibility index (Phi) is 5.36. The Balaban J connectivity index is 3.02. The van der Waals surface area contributed by atoms with Gasteiger partial charge >= 0.3 is 5.97 Å². The first-order chi connectivity index (χ1) is 8.99. The molecular weight excluding hydrogens is 248 g/mol. The highest BCUT2D eigenvalue weighted by Gasteiger charge is 2.14. The normalized spacial score (nSPS) is 9.89. The number of methoxy groups -OCH3 is 2. The minimum Gasteiger partial charge on any atom is -0.496 e. The maximum absolute atomic E-state index is 11.5. The van der Waals surface area contributed by atoms with Gasteiger partial charge in [0.05, 0.1) is 26.4 Å². The van der Waals surface area contributed by atoms with Gasteiger partial charge in [0.15, 0.2) is 5.78 Å². The zero-order chi connectivity index (χ0) is 14.4. The van der Waals surface area contributed by atoms with Crippen molar-refractivity contribution in [3.05, 3.63) is 23.3 Å². The van der Waals surface area contributed by atoms with E-state index in [-0.39, 0.29) is 18.4 Å². The molecule has 1 aromatic rings. The number of ether oxygens (including phenoxy) is 3. The summed E-state index contributed by atoms with van der Waals surface area (Å²) in [6.07, 6.45) is 0.497. The first-order valence-corrected chi connectivity index (χ1v) is 5.88.